The zero-order valence-corrected chi connectivity index (χ0v) is 34.9. The van der Waals surface area contributed by atoms with Crippen LogP contribution in [0.25, 0.3) is 0 Å². The number of aliphatic carboxylic acids is 1. The number of carbonyl (C=O) groups excluding carboxylic acids is 2. The Hall–Kier alpha value is -2.04. The van der Waals surface area contributed by atoms with E-state index in [1.165, 1.54) is 103 Å². The molecule has 0 aliphatic heterocycles. The molecule has 0 aromatic heterocycles. The minimum Gasteiger partial charge on any atom is -0.480 e. The molecule has 0 saturated heterocycles. The number of amides is 1. The van der Waals surface area contributed by atoms with E-state index in [1.54, 1.807) is 0 Å². The third-order valence-corrected chi connectivity index (χ3v) is 10.2. The highest BCUT2D eigenvalue weighted by atomic mass is 31.2. The molecule has 54 heavy (non-hydrogen) atoms. The van der Waals surface area contributed by atoms with Gasteiger partial charge in [-0.3, -0.25) is 18.6 Å². The van der Waals surface area contributed by atoms with Crippen molar-refractivity contribution in [3.63, 3.8) is 0 Å². The van der Waals surface area contributed by atoms with Crippen LogP contribution in [0, 0.1) is 0 Å². The van der Waals surface area contributed by atoms with Crippen molar-refractivity contribution in [2.75, 3.05) is 19.8 Å². The Morgan fingerprint density at radius 2 is 1.02 bits per heavy atom. The Morgan fingerprint density at radius 3 is 1.52 bits per heavy atom. The third-order valence-electron chi connectivity index (χ3n) is 9.24. The fourth-order valence-electron chi connectivity index (χ4n) is 5.87. The van der Waals surface area contributed by atoms with Crippen LogP contribution in [-0.4, -0.2) is 64.9 Å². The van der Waals surface area contributed by atoms with Gasteiger partial charge in [0.05, 0.1) is 13.2 Å². The van der Waals surface area contributed by atoms with E-state index in [0.717, 1.165) is 51.4 Å². The van der Waals surface area contributed by atoms with Crippen molar-refractivity contribution in [2.45, 2.75) is 206 Å². The topological polar surface area (TPSA) is 169 Å². The lowest BCUT2D eigenvalue weighted by molar-refractivity contribution is -0.147. The standard InChI is InChI=1S/C42H78NO10P/c1-3-5-7-9-11-13-15-17-18-19-20-21-22-24-26-28-30-32-34-41(46)51-35-38(44)36-52-54(49,50)53-37-39(42(47)48)43-40(45)33-31-29-27-25-23-16-14-12-10-8-6-4-2/h13,15,18-19,38-39,44H,3-12,14,16-17,20-37H2,1-2H3,(H,43,45)(H,47,48)(H,49,50)/b15-13-,19-18-. The largest absolute Gasteiger partial charge is 0.480 e. The van der Waals surface area contributed by atoms with Gasteiger partial charge in [-0.2, -0.15) is 0 Å². The van der Waals surface area contributed by atoms with Crippen molar-refractivity contribution >= 4 is 25.7 Å². The summed E-state index contributed by atoms with van der Waals surface area (Å²) in [6.07, 6.45) is 37.7. The van der Waals surface area contributed by atoms with Crippen molar-refractivity contribution in [2.24, 2.45) is 0 Å². The van der Waals surface area contributed by atoms with Crippen LogP contribution in [0.4, 0.5) is 0 Å². The van der Waals surface area contributed by atoms with Gasteiger partial charge in [-0.15, -0.1) is 0 Å². The van der Waals surface area contributed by atoms with Gasteiger partial charge in [0.15, 0.2) is 6.04 Å². The van der Waals surface area contributed by atoms with Gasteiger partial charge in [0.1, 0.15) is 12.7 Å². The number of phosphoric ester groups is 1. The number of nitrogens with one attached hydrogen (secondary N) is 1. The number of allylic oxidation sites excluding steroid dienone is 4. The van der Waals surface area contributed by atoms with E-state index in [0.29, 0.717) is 12.8 Å². The molecule has 0 heterocycles. The van der Waals surface area contributed by atoms with Gasteiger partial charge in [0, 0.05) is 12.8 Å². The van der Waals surface area contributed by atoms with Crippen molar-refractivity contribution in [3.05, 3.63) is 24.3 Å². The van der Waals surface area contributed by atoms with Crippen LogP contribution in [0.2, 0.25) is 0 Å². The molecule has 0 saturated carbocycles. The summed E-state index contributed by atoms with van der Waals surface area (Å²) in [5.41, 5.74) is 0. The van der Waals surface area contributed by atoms with Crippen LogP contribution >= 0.6 is 7.82 Å². The molecule has 12 heteroatoms. The minimum atomic E-state index is -4.75. The molecule has 3 unspecified atom stereocenters. The van der Waals surface area contributed by atoms with E-state index in [4.69, 9.17) is 13.8 Å². The summed E-state index contributed by atoms with van der Waals surface area (Å²) < 4.78 is 26.8. The Labute approximate surface area is 328 Å². The van der Waals surface area contributed by atoms with E-state index in [-0.39, 0.29) is 12.8 Å². The highest BCUT2D eigenvalue weighted by molar-refractivity contribution is 7.47. The highest BCUT2D eigenvalue weighted by Gasteiger charge is 2.28. The van der Waals surface area contributed by atoms with Crippen molar-refractivity contribution in [3.8, 4) is 0 Å². The quantitative estimate of drug-likeness (QED) is 0.0203. The van der Waals surface area contributed by atoms with E-state index < -0.39 is 57.6 Å². The van der Waals surface area contributed by atoms with Gasteiger partial charge < -0.3 is 25.2 Å². The number of carboxylic acid groups (broad SMARTS) is 1. The number of carbonyl (C=O) groups is 3. The fraction of sp³-hybridized carbons (Fsp3) is 0.833. The molecule has 0 bridgehead atoms. The molecule has 1 amide bonds. The molecular formula is C42H78NO10P. The van der Waals surface area contributed by atoms with E-state index >= 15 is 0 Å². The van der Waals surface area contributed by atoms with Crippen LogP contribution in [0.3, 0.4) is 0 Å². The number of rotatable bonds is 40. The number of phosphoric acid groups is 1. The number of carboxylic acids is 1. The van der Waals surface area contributed by atoms with Gasteiger partial charge >= 0.3 is 19.8 Å². The van der Waals surface area contributed by atoms with Crippen molar-refractivity contribution in [1.29, 1.82) is 0 Å². The molecule has 0 aliphatic carbocycles. The molecule has 4 N–H and O–H groups in total. The van der Waals surface area contributed by atoms with Gasteiger partial charge in [0.25, 0.3) is 0 Å². The zero-order chi connectivity index (χ0) is 40.0. The summed E-state index contributed by atoms with van der Waals surface area (Å²) in [5.74, 6) is -2.37. The Morgan fingerprint density at radius 1 is 0.593 bits per heavy atom. The number of hydrogen-bond donors (Lipinski definition) is 4. The zero-order valence-electron chi connectivity index (χ0n) is 34.0. The average molecular weight is 788 g/mol. The minimum absolute atomic E-state index is 0.148. The maximum absolute atomic E-state index is 12.3. The number of esters is 1. The van der Waals surface area contributed by atoms with Crippen LogP contribution in [-0.2, 0) is 32.7 Å². The summed E-state index contributed by atoms with van der Waals surface area (Å²) in [6.45, 7) is 2.56. The summed E-state index contributed by atoms with van der Waals surface area (Å²) in [6, 6.07) is -1.54. The Kier molecular flexibility index (Phi) is 36.4. The fourth-order valence-corrected chi connectivity index (χ4v) is 6.65. The summed E-state index contributed by atoms with van der Waals surface area (Å²) >= 11 is 0. The van der Waals surface area contributed by atoms with Gasteiger partial charge in [-0.05, 0) is 44.9 Å². The highest BCUT2D eigenvalue weighted by Crippen LogP contribution is 2.43. The molecule has 0 fully saturated rings. The average Bonchev–Trinajstić information content (AvgIpc) is 3.14. The Bertz CT molecular complexity index is 1020. The molecule has 0 rings (SSSR count). The van der Waals surface area contributed by atoms with E-state index in [1.807, 2.05) is 0 Å². The molecule has 316 valence electrons. The molecule has 0 aliphatic rings. The first-order chi connectivity index (χ1) is 26.1. The predicted octanol–water partition coefficient (Wildman–Crippen LogP) is 10.7. The maximum Gasteiger partial charge on any atom is 0.472 e. The van der Waals surface area contributed by atoms with Gasteiger partial charge in [0.2, 0.25) is 5.91 Å². The Balaban J connectivity index is 3.90. The maximum atomic E-state index is 12.3. The predicted molar refractivity (Wildman–Crippen MR) is 217 cm³/mol. The first-order valence-electron chi connectivity index (χ1n) is 21.4. The van der Waals surface area contributed by atoms with Crippen LogP contribution in [0.1, 0.15) is 194 Å². The monoisotopic (exact) mass is 788 g/mol. The SMILES string of the molecule is CCCCCC/C=C\C/C=C\CCCCCCCCCC(=O)OCC(O)COP(=O)(O)OCC(NC(=O)CCCCCCCCCCCCCC)C(=O)O. The first-order valence-corrected chi connectivity index (χ1v) is 22.9. The number of ether oxygens (including phenoxy) is 1. The van der Waals surface area contributed by atoms with Crippen molar-refractivity contribution < 1.29 is 47.8 Å². The summed E-state index contributed by atoms with van der Waals surface area (Å²) in [7, 11) is -4.75. The molecule has 3 atom stereocenters. The van der Waals surface area contributed by atoms with E-state index in [9.17, 15) is 34.1 Å². The van der Waals surface area contributed by atoms with Gasteiger partial charge in [-0.1, -0.05) is 160 Å². The molecule has 0 spiro atoms. The molecule has 0 aromatic rings. The smallest absolute Gasteiger partial charge is 0.472 e. The number of unbranched alkanes of at least 4 members (excludes halogenated alkanes) is 22. The normalized spacial score (nSPS) is 14.0. The van der Waals surface area contributed by atoms with Crippen molar-refractivity contribution in [1.82, 2.24) is 5.32 Å². The first kappa shape index (κ1) is 52.0. The van der Waals surface area contributed by atoms with Crippen LogP contribution in [0.15, 0.2) is 24.3 Å². The lowest BCUT2D eigenvalue weighted by Crippen LogP contribution is -2.43. The number of hydrogen-bond acceptors (Lipinski definition) is 8. The van der Waals surface area contributed by atoms with Gasteiger partial charge in [-0.25, -0.2) is 9.36 Å². The molecular weight excluding hydrogens is 709 g/mol. The second-order valence-corrected chi connectivity index (χ2v) is 16.0. The molecule has 0 radical (unpaired) electrons. The number of aliphatic hydroxyl groups excluding tert-OH is 1. The summed E-state index contributed by atoms with van der Waals surface area (Å²) in [5, 5.41) is 21.8. The second kappa shape index (κ2) is 37.9. The third kappa shape index (κ3) is 36.9. The lowest BCUT2D eigenvalue weighted by Gasteiger charge is -2.18. The van der Waals surface area contributed by atoms with E-state index in [2.05, 4.69) is 43.5 Å². The second-order valence-electron chi connectivity index (χ2n) is 14.5. The molecule has 11 nitrogen and oxygen atoms in total. The van der Waals surface area contributed by atoms with Crippen LogP contribution < -0.4 is 5.32 Å². The number of aliphatic hydroxyl groups is 1. The lowest BCUT2D eigenvalue weighted by atomic mass is 10.0. The van der Waals surface area contributed by atoms with Crippen LogP contribution in [0.5, 0.6) is 0 Å². The summed E-state index contributed by atoms with van der Waals surface area (Å²) in [4.78, 5) is 45.8. The molecule has 0 aromatic carbocycles.